The Bertz CT molecular complexity index is 1310. The lowest BCUT2D eigenvalue weighted by molar-refractivity contribution is -0.126. The standard InChI is InChI=1S/C32H38N6O4/c1-3-13-27(33)29(31(41)35-21-25(39)20-26(30(40)34-2)22-14-7-4-8-15-22)37-38-32(42)36-28(23-16-9-5-10-17-23)24-18-11-6-12-19-24/h4-12,14-19,26-28H,3,13,20-21,33H2,1-2H3,(H,34,40)(H,35,41)(H2,36,38,42)/t26?,27-/m0/s1. The molecule has 0 aliphatic heterocycles. The second-order valence-electron chi connectivity index (χ2n) is 9.73. The number of hydrogen-bond donors (Lipinski definition) is 5. The summed E-state index contributed by atoms with van der Waals surface area (Å²) in [6.45, 7) is 1.58. The Labute approximate surface area is 246 Å². The van der Waals surface area contributed by atoms with Gasteiger partial charge in [-0.1, -0.05) is 104 Å². The Morgan fingerprint density at radius 3 is 1.83 bits per heavy atom. The minimum absolute atomic E-state index is 0.0987. The van der Waals surface area contributed by atoms with Crippen LogP contribution in [0.2, 0.25) is 0 Å². The molecule has 0 radical (unpaired) electrons. The number of Topliss-reactive ketones (excluding diaryl/α,β-unsaturated/α-hetero) is 1. The summed E-state index contributed by atoms with van der Waals surface area (Å²) in [6, 6.07) is 26.0. The first-order chi connectivity index (χ1) is 20.3. The zero-order valence-electron chi connectivity index (χ0n) is 23.9. The van der Waals surface area contributed by atoms with E-state index in [1.807, 2.05) is 73.7 Å². The van der Waals surface area contributed by atoms with E-state index in [0.717, 1.165) is 11.1 Å². The number of amides is 4. The van der Waals surface area contributed by atoms with Crippen LogP contribution in [0.5, 0.6) is 0 Å². The number of benzene rings is 3. The molecule has 4 amide bonds. The zero-order chi connectivity index (χ0) is 30.3. The molecule has 220 valence electrons. The number of urea groups is 1. The Hall–Kier alpha value is -4.83. The van der Waals surface area contributed by atoms with Crippen LogP contribution >= 0.6 is 0 Å². The first kappa shape index (κ1) is 31.7. The highest BCUT2D eigenvalue weighted by atomic mass is 16.2. The molecule has 10 nitrogen and oxygen atoms in total. The van der Waals surface area contributed by atoms with Crippen molar-refractivity contribution in [1.82, 2.24) is 21.4 Å². The molecule has 3 aromatic carbocycles. The van der Waals surface area contributed by atoms with Crippen LogP contribution < -0.4 is 27.1 Å². The summed E-state index contributed by atoms with van der Waals surface area (Å²) in [5.74, 6) is -2.01. The summed E-state index contributed by atoms with van der Waals surface area (Å²) in [5, 5.41) is 12.1. The van der Waals surface area contributed by atoms with Crippen LogP contribution in [-0.4, -0.2) is 49.0 Å². The van der Waals surface area contributed by atoms with Crippen molar-refractivity contribution in [2.75, 3.05) is 13.6 Å². The molecule has 0 aliphatic carbocycles. The van der Waals surface area contributed by atoms with E-state index in [1.54, 1.807) is 24.3 Å². The van der Waals surface area contributed by atoms with Gasteiger partial charge in [0.25, 0.3) is 5.91 Å². The van der Waals surface area contributed by atoms with Crippen LogP contribution in [0.4, 0.5) is 4.79 Å². The quantitative estimate of drug-likeness (QED) is 0.149. The van der Waals surface area contributed by atoms with Crippen molar-refractivity contribution in [2.24, 2.45) is 10.8 Å². The third kappa shape index (κ3) is 9.38. The highest BCUT2D eigenvalue weighted by Gasteiger charge is 2.25. The van der Waals surface area contributed by atoms with Gasteiger partial charge in [-0.25, -0.2) is 10.2 Å². The fourth-order valence-corrected chi connectivity index (χ4v) is 4.47. The average molecular weight is 571 g/mol. The van der Waals surface area contributed by atoms with Crippen LogP contribution in [0.25, 0.3) is 0 Å². The normalized spacial score (nSPS) is 12.6. The lowest BCUT2D eigenvalue weighted by atomic mass is 9.93. The third-order valence-electron chi connectivity index (χ3n) is 6.65. The SMILES string of the molecule is CCC[C@H](N)C(=NNC(=O)NC(c1ccccc1)c1ccccc1)C(=O)NCC(=O)CC(C(=O)NC)c1ccccc1. The number of likely N-dealkylation sites (N-methyl/N-ethyl adjacent to an activating group) is 1. The molecule has 0 aliphatic rings. The van der Waals surface area contributed by atoms with Crippen LogP contribution in [0.1, 0.15) is 54.8 Å². The molecule has 10 heteroatoms. The van der Waals surface area contributed by atoms with Gasteiger partial charge in [-0.2, -0.15) is 5.10 Å². The summed E-state index contributed by atoms with van der Waals surface area (Å²) in [4.78, 5) is 51.2. The molecule has 0 saturated heterocycles. The van der Waals surface area contributed by atoms with Crippen LogP contribution in [0.15, 0.2) is 96.1 Å². The van der Waals surface area contributed by atoms with Crippen molar-refractivity contribution in [3.63, 3.8) is 0 Å². The molecule has 42 heavy (non-hydrogen) atoms. The van der Waals surface area contributed by atoms with Crippen LogP contribution in [-0.2, 0) is 14.4 Å². The fourth-order valence-electron chi connectivity index (χ4n) is 4.47. The number of rotatable bonds is 14. The molecular formula is C32H38N6O4. The second-order valence-corrected chi connectivity index (χ2v) is 9.73. The van der Waals surface area contributed by atoms with Crippen molar-refractivity contribution in [2.45, 2.75) is 44.2 Å². The van der Waals surface area contributed by atoms with Crippen molar-refractivity contribution in [1.29, 1.82) is 0 Å². The number of ketones is 1. The van der Waals surface area contributed by atoms with E-state index in [9.17, 15) is 19.2 Å². The first-order valence-corrected chi connectivity index (χ1v) is 13.9. The predicted molar refractivity (Wildman–Crippen MR) is 163 cm³/mol. The van der Waals surface area contributed by atoms with Crippen molar-refractivity contribution in [3.05, 3.63) is 108 Å². The van der Waals surface area contributed by atoms with Crippen LogP contribution in [0, 0.1) is 0 Å². The summed E-state index contributed by atoms with van der Waals surface area (Å²) in [7, 11) is 1.51. The van der Waals surface area contributed by atoms with Gasteiger partial charge in [0.2, 0.25) is 5.91 Å². The predicted octanol–water partition coefficient (Wildman–Crippen LogP) is 3.16. The Kier molecular flexibility index (Phi) is 12.4. The summed E-state index contributed by atoms with van der Waals surface area (Å²) >= 11 is 0. The maximum atomic E-state index is 13.1. The number of hydrazone groups is 1. The van der Waals surface area contributed by atoms with Gasteiger partial charge in [-0.15, -0.1) is 0 Å². The minimum atomic E-state index is -0.771. The molecule has 0 saturated carbocycles. The highest BCUT2D eigenvalue weighted by Crippen LogP contribution is 2.22. The largest absolute Gasteiger partial charge is 0.359 e. The van der Waals surface area contributed by atoms with E-state index in [0.29, 0.717) is 18.4 Å². The topological polar surface area (TPSA) is 155 Å². The van der Waals surface area contributed by atoms with Gasteiger partial charge in [0.1, 0.15) is 5.71 Å². The highest BCUT2D eigenvalue weighted by molar-refractivity contribution is 6.41. The third-order valence-corrected chi connectivity index (χ3v) is 6.65. The van der Waals surface area contributed by atoms with Gasteiger partial charge < -0.3 is 21.7 Å². The van der Waals surface area contributed by atoms with Gasteiger partial charge >= 0.3 is 6.03 Å². The molecular weight excluding hydrogens is 532 g/mol. The molecule has 0 aromatic heterocycles. The Morgan fingerprint density at radius 1 is 0.810 bits per heavy atom. The fraction of sp³-hybridized carbons (Fsp3) is 0.281. The summed E-state index contributed by atoms with van der Waals surface area (Å²) < 4.78 is 0. The monoisotopic (exact) mass is 570 g/mol. The molecule has 0 fully saturated rings. The van der Waals surface area contributed by atoms with E-state index in [1.165, 1.54) is 7.05 Å². The molecule has 3 aromatic rings. The van der Waals surface area contributed by atoms with Crippen molar-refractivity contribution < 1.29 is 19.2 Å². The van der Waals surface area contributed by atoms with E-state index in [4.69, 9.17) is 5.73 Å². The van der Waals surface area contributed by atoms with Crippen LogP contribution in [0.3, 0.4) is 0 Å². The maximum absolute atomic E-state index is 13.1. The molecule has 6 N–H and O–H groups in total. The average Bonchev–Trinajstić information content (AvgIpc) is 3.02. The number of nitrogens with two attached hydrogens (primary N) is 1. The van der Waals surface area contributed by atoms with Gasteiger partial charge in [0, 0.05) is 13.5 Å². The van der Waals surface area contributed by atoms with E-state index in [-0.39, 0.29) is 30.4 Å². The smallest absolute Gasteiger partial charge is 0.335 e. The van der Waals surface area contributed by atoms with E-state index >= 15 is 0 Å². The molecule has 0 heterocycles. The Balaban J connectivity index is 1.68. The molecule has 3 rings (SSSR count). The van der Waals surface area contributed by atoms with Gasteiger partial charge in [-0.05, 0) is 23.1 Å². The summed E-state index contributed by atoms with van der Waals surface area (Å²) in [6.07, 6.45) is 1.01. The number of hydrogen-bond acceptors (Lipinski definition) is 6. The van der Waals surface area contributed by atoms with Crippen molar-refractivity contribution >= 4 is 29.3 Å². The number of carbonyl (C=O) groups excluding carboxylic acids is 4. The number of nitrogens with one attached hydrogen (secondary N) is 4. The molecule has 2 atom stereocenters. The lowest BCUT2D eigenvalue weighted by Crippen LogP contribution is -2.46. The number of nitrogens with zero attached hydrogens (tertiary/aromatic N) is 1. The second kappa shape index (κ2) is 16.4. The molecule has 0 bridgehead atoms. The molecule has 0 spiro atoms. The zero-order valence-corrected chi connectivity index (χ0v) is 23.9. The minimum Gasteiger partial charge on any atom is -0.359 e. The van der Waals surface area contributed by atoms with Gasteiger partial charge in [0.05, 0.1) is 24.5 Å². The lowest BCUT2D eigenvalue weighted by Gasteiger charge is -2.20. The van der Waals surface area contributed by atoms with Crippen molar-refractivity contribution in [3.8, 4) is 0 Å². The Morgan fingerprint density at radius 2 is 1.33 bits per heavy atom. The van der Waals surface area contributed by atoms with E-state index in [2.05, 4.69) is 26.5 Å². The molecule has 1 unspecified atom stereocenters. The van der Waals surface area contributed by atoms with E-state index < -0.39 is 29.9 Å². The van der Waals surface area contributed by atoms with Gasteiger partial charge in [0.15, 0.2) is 5.78 Å². The summed E-state index contributed by atoms with van der Waals surface area (Å²) in [5.41, 5.74) is 10.9. The first-order valence-electron chi connectivity index (χ1n) is 13.9. The van der Waals surface area contributed by atoms with Gasteiger partial charge in [-0.3, -0.25) is 14.4 Å². The maximum Gasteiger partial charge on any atom is 0.335 e. The number of carbonyl (C=O) groups is 4.